The molecule has 164 valence electrons. The third-order valence-electron chi connectivity index (χ3n) is 4.08. The van der Waals surface area contributed by atoms with Crippen LogP contribution in [0.1, 0.15) is 25.2 Å². The zero-order chi connectivity index (χ0) is 23.3. The number of aromatic amines is 1. The first kappa shape index (κ1) is 26.1. The molecule has 0 aliphatic heterocycles. The van der Waals surface area contributed by atoms with Crippen LogP contribution in [0.15, 0.2) is 80.5 Å². The second kappa shape index (κ2) is 14.1. The molecule has 0 spiro atoms. The number of aliphatic imine (C=N–C) groups is 3. The molecule has 0 fully saturated rings. The van der Waals surface area contributed by atoms with E-state index < -0.39 is 0 Å². The van der Waals surface area contributed by atoms with E-state index in [2.05, 4.69) is 42.7 Å². The van der Waals surface area contributed by atoms with Gasteiger partial charge in [-0.25, -0.2) is 0 Å². The normalized spacial score (nSPS) is 11.2. The van der Waals surface area contributed by atoms with Gasteiger partial charge in [0.15, 0.2) is 0 Å². The first-order valence-electron chi connectivity index (χ1n) is 9.00. The van der Waals surface area contributed by atoms with Crippen LogP contribution in [-0.2, 0) is 13.1 Å². The van der Waals surface area contributed by atoms with Crippen molar-refractivity contribution in [3.63, 3.8) is 0 Å². The van der Waals surface area contributed by atoms with Crippen molar-refractivity contribution in [2.24, 2.45) is 15.0 Å². The summed E-state index contributed by atoms with van der Waals surface area (Å²) in [6.07, 6.45) is 0. The van der Waals surface area contributed by atoms with Gasteiger partial charge >= 0.3 is 33.3 Å². The number of isothiocyanates is 1. The molecule has 0 radical (unpaired) electrons. The zero-order valence-electron chi connectivity index (χ0n) is 17.0. The number of hydrogen-bond acceptors (Lipinski definition) is 6. The van der Waals surface area contributed by atoms with Crippen LogP contribution >= 0.6 is 44.2 Å². The molecule has 1 aromatic heterocycles. The fraction of sp³-hybridized carbons (Fsp3) is 0.0909. The fourth-order valence-corrected chi connectivity index (χ4v) is 3.10. The van der Waals surface area contributed by atoms with Gasteiger partial charge in [0, 0.05) is 4.90 Å². The Bertz CT molecular complexity index is 1180. The van der Waals surface area contributed by atoms with E-state index in [1.807, 2.05) is 74.5 Å². The van der Waals surface area contributed by atoms with Crippen LogP contribution in [0.4, 0.5) is 17.1 Å². The quantitative estimate of drug-likeness (QED) is 0.113. The summed E-state index contributed by atoms with van der Waals surface area (Å²) in [5.41, 5.74) is 6.02. The monoisotopic (exact) mass is 541 g/mol. The molecule has 0 aliphatic carbocycles. The molecule has 1 N–H and O–H groups in total. The van der Waals surface area contributed by atoms with Gasteiger partial charge in [0.1, 0.15) is 5.40 Å². The number of nitrogens with one attached hydrogen (secondary N) is 1. The number of halogens is 2. The van der Waals surface area contributed by atoms with E-state index in [0.717, 1.165) is 56.5 Å². The molecule has 0 atom stereocenters. The van der Waals surface area contributed by atoms with Crippen molar-refractivity contribution in [3.8, 4) is 5.40 Å². The molecule has 0 aliphatic rings. The number of H-pyrrole nitrogens is 1. The molecule has 3 rings (SSSR count). The Balaban J connectivity index is 0.00000114. The molecule has 1 heterocycles. The van der Waals surface area contributed by atoms with Crippen LogP contribution in [0.3, 0.4) is 0 Å². The van der Waals surface area contributed by atoms with Crippen molar-refractivity contribution >= 4 is 77.8 Å². The fourth-order valence-electron chi connectivity index (χ4n) is 2.62. The maximum atomic E-state index is 8.72. The Morgan fingerprint density at radius 3 is 1.75 bits per heavy atom. The van der Waals surface area contributed by atoms with E-state index in [1.165, 1.54) is 0 Å². The van der Waals surface area contributed by atoms with Gasteiger partial charge in [-0.3, -0.25) is 9.98 Å². The van der Waals surface area contributed by atoms with E-state index >= 15 is 0 Å². The number of nitriles is 1. The van der Waals surface area contributed by atoms with Crippen LogP contribution in [0.25, 0.3) is 0 Å². The SMILES string of the molecule is CC(=Nc1ccc(N=C=S)cc1)c1ccc(C(C)=Nc2ccc(SC#N)cc2)[nH]1.[Cl][Fe][Cl]. The van der Waals surface area contributed by atoms with Crippen molar-refractivity contribution in [1.82, 2.24) is 4.98 Å². The average molecular weight is 542 g/mol. The van der Waals surface area contributed by atoms with Crippen LogP contribution in [0, 0.1) is 10.7 Å². The van der Waals surface area contributed by atoms with E-state index in [-0.39, 0.29) is 13.1 Å². The van der Waals surface area contributed by atoms with Gasteiger partial charge in [-0.05, 0) is 98.5 Å². The van der Waals surface area contributed by atoms with Crippen molar-refractivity contribution in [2.45, 2.75) is 18.7 Å². The molecular weight excluding hydrogens is 525 g/mol. The predicted octanol–water partition coefficient (Wildman–Crippen LogP) is 7.98. The number of hydrogen-bond donors (Lipinski definition) is 1. The van der Waals surface area contributed by atoms with E-state index in [1.54, 1.807) is 0 Å². The van der Waals surface area contributed by atoms with Gasteiger partial charge in [0.25, 0.3) is 0 Å². The standard InChI is InChI=1S/C22H17N5S2.2ClH.Fe/c1-15(25-18-5-3-17(4-6-18)24-14-28)21-11-12-22(27-21)16(2)26-19-7-9-20(10-8-19)29-13-23;;;/h3-12,27H,1-2H3;2*1H;/q;;;+2/p-2. The number of nitrogens with zero attached hydrogens (tertiary/aromatic N) is 4. The predicted molar refractivity (Wildman–Crippen MR) is 135 cm³/mol. The van der Waals surface area contributed by atoms with E-state index in [4.69, 9.17) is 25.5 Å². The zero-order valence-corrected chi connectivity index (χ0v) is 21.2. The third-order valence-corrected chi connectivity index (χ3v) is 4.77. The van der Waals surface area contributed by atoms with Gasteiger partial charge < -0.3 is 4.98 Å². The number of thiocarbonyl (C=S) groups is 1. The summed E-state index contributed by atoms with van der Waals surface area (Å²) in [5.74, 6) is 0. The molecule has 2 aromatic carbocycles. The van der Waals surface area contributed by atoms with Crippen molar-refractivity contribution < 1.29 is 13.1 Å². The summed E-state index contributed by atoms with van der Waals surface area (Å²) in [7, 11) is 9.53. The Labute approximate surface area is 211 Å². The van der Waals surface area contributed by atoms with E-state index in [9.17, 15) is 0 Å². The minimum atomic E-state index is 0.194. The topological polar surface area (TPSA) is 76.7 Å². The van der Waals surface area contributed by atoms with Gasteiger partial charge in [0.05, 0.1) is 45.0 Å². The summed E-state index contributed by atoms with van der Waals surface area (Å²) < 4.78 is 0. The average Bonchev–Trinajstić information content (AvgIpc) is 3.28. The molecular formula is C22H17Cl2FeN5S2. The number of thioether (sulfide) groups is 1. The Morgan fingerprint density at radius 1 is 0.875 bits per heavy atom. The number of rotatable bonds is 6. The summed E-state index contributed by atoms with van der Waals surface area (Å²) >= 11 is 5.94. The Hall–Kier alpha value is -2.20. The summed E-state index contributed by atoms with van der Waals surface area (Å²) in [6, 6.07) is 19.0. The maximum absolute atomic E-state index is 8.72. The third kappa shape index (κ3) is 8.38. The van der Waals surface area contributed by atoms with Crippen LogP contribution < -0.4 is 0 Å². The van der Waals surface area contributed by atoms with Gasteiger partial charge in [0.2, 0.25) is 0 Å². The van der Waals surface area contributed by atoms with Crippen LogP contribution in [-0.4, -0.2) is 21.6 Å². The molecule has 3 aromatic rings. The van der Waals surface area contributed by atoms with E-state index in [0.29, 0.717) is 0 Å². The number of benzene rings is 2. The molecule has 0 bridgehead atoms. The van der Waals surface area contributed by atoms with Gasteiger partial charge in [-0.2, -0.15) is 10.3 Å². The van der Waals surface area contributed by atoms with Crippen LogP contribution in [0.2, 0.25) is 0 Å². The summed E-state index contributed by atoms with van der Waals surface area (Å²) in [6.45, 7) is 3.91. The van der Waals surface area contributed by atoms with Gasteiger partial charge in [-0.15, -0.1) is 0 Å². The molecule has 0 saturated carbocycles. The van der Waals surface area contributed by atoms with Gasteiger partial charge in [-0.1, -0.05) is 0 Å². The molecule has 0 unspecified atom stereocenters. The minimum absolute atomic E-state index is 0.194. The Kier molecular flexibility index (Phi) is 11.4. The molecule has 32 heavy (non-hydrogen) atoms. The Morgan fingerprint density at radius 2 is 1.31 bits per heavy atom. The number of aromatic nitrogens is 1. The van der Waals surface area contributed by atoms with Crippen LogP contribution in [0.5, 0.6) is 0 Å². The molecule has 10 heteroatoms. The number of thiocyanates is 1. The molecule has 0 saturated heterocycles. The first-order chi connectivity index (χ1) is 15.5. The van der Waals surface area contributed by atoms with Crippen molar-refractivity contribution in [2.75, 3.05) is 0 Å². The first-order valence-corrected chi connectivity index (χ1v) is 13.3. The second-order valence-electron chi connectivity index (χ2n) is 6.14. The summed E-state index contributed by atoms with van der Waals surface area (Å²) in [5, 5.41) is 13.1. The molecule has 5 nitrogen and oxygen atoms in total. The second-order valence-corrected chi connectivity index (χ2v) is 9.00. The summed E-state index contributed by atoms with van der Waals surface area (Å²) in [4.78, 5) is 17.5. The van der Waals surface area contributed by atoms with Crippen molar-refractivity contribution in [3.05, 3.63) is 72.1 Å². The molecule has 0 amide bonds. The van der Waals surface area contributed by atoms with Crippen molar-refractivity contribution in [1.29, 1.82) is 5.26 Å².